The lowest BCUT2D eigenvalue weighted by Gasteiger charge is -2.14. The Hall–Kier alpha value is -1.22. The molecular weight excluding hydrogens is 282 g/mol. The van der Waals surface area contributed by atoms with Gasteiger partial charge < -0.3 is 14.6 Å². The van der Waals surface area contributed by atoms with Crippen LogP contribution in [0.4, 0.5) is 17.6 Å². The van der Waals surface area contributed by atoms with Crippen molar-refractivity contribution in [3.8, 4) is 0 Å². The number of hydrogen-bond acceptors (Lipinski definition) is 5. The van der Waals surface area contributed by atoms with Crippen LogP contribution in [0.3, 0.4) is 0 Å². The first-order valence-electron chi connectivity index (χ1n) is 6.26. The number of hydrogen-bond donors (Lipinski definition) is 1. The third-order valence-electron chi connectivity index (χ3n) is 2.94. The lowest BCUT2D eigenvalue weighted by atomic mass is 10.2. The molecular formula is C11H15F4N3O2. The Morgan fingerprint density at radius 3 is 2.90 bits per heavy atom. The van der Waals surface area contributed by atoms with Crippen molar-refractivity contribution >= 4 is 0 Å². The molecule has 2 heterocycles. The summed E-state index contributed by atoms with van der Waals surface area (Å²) < 4.78 is 58.4. The third kappa shape index (κ3) is 4.14. The van der Waals surface area contributed by atoms with Gasteiger partial charge in [-0.15, -0.1) is 0 Å². The van der Waals surface area contributed by atoms with Gasteiger partial charge in [-0.25, -0.2) is 8.78 Å². The Morgan fingerprint density at radius 2 is 2.25 bits per heavy atom. The molecule has 0 aliphatic carbocycles. The summed E-state index contributed by atoms with van der Waals surface area (Å²) in [6.45, 7) is -0.819. The van der Waals surface area contributed by atoms with Gasteiger partial charge >= 0.3 is 12.3 Å². The lowest BCUT2D eigenvalue weighted by molar-refractivity contribution is -0.168. The molecule has 0 bridgehead atoms. The second-order valence-corrected chi connectivity index (χ2v) is 4.66. The summed E-state index contributed by atoms with van der Waals surface area (Å²) in [4.78, 5) is 3.96. The molecule has 20 heavy (non-hydrogen) atoms. The molecule has 1 unspecified atom stereocenters. The highest BCUT2D eigenvalue weighted by molar-refractivity contribution is 4.90. The van der Waals surface area contributed by atoms with E-state index in [1.807, 2.05) is 0 Å². The summed E-state index contributed by atoms with van der Waals surface area (Å²) >= 11 is 0. The first-order valence-corrected chi connectivity index (χ1v) is 6.26. The van der Waals surface area contributed by atoms with E-state index >= 15 is 0 Å². The fourth-order valence-corrected chi connectivity index (χ4v) is 1.91. The maximum atomic E-state index is 12.6. The van der Waals surface area contributed by atoms with Gasteiger partial charge in [-0.2, -0.15) is 13.8 Å². The van der Waals surface area contributed by atoms with Crippen molar-refractivity contribution in [2.75, 3.05) is 13.2 Å². The summed E-state index contributed by atoms with van der Waals surface area (Å²) in [6, 6.07) is 0.271. The van der Waals surface area contributed by atoms with Gasteiger partial charge in [0.25, 0.3) is 0 Å². The van der Waals surface area contributed by atoms with Gasteiger partial charge in [-0.1, -0.05) is 5.16 Å². The highest BCUT2D eigenvalue weighted by Gasteiger charge is 2.41. The number of rotatable bonds is 7. The number of halogens is 4. The maximum absolute atomic E-state index is 12.6. The van der Waals surface area contributed by atoms with E-state index in [1.54, 1.807) is 0 Å². The SMILES string of the molecule is FC(F)C(F)(F)COCc1noc(CC2CCCN2)n1. The fourth-order valence-electron chi connectivity index (χ4n) is 1.91. The number of aromatic nitrogens is 2. The quantitative estimate of drug-likeness (QED) is 0.777. The highest BCUT2D eigenvalue weighted by Crippen LogP contribution is 2.23. The molecule has 0 aromatic carbocycles. The van der Waals surface area contributed by atoms with Crippen LogP contribution < -0.4 is 5.32 Å². The summed E-state index contributed by atoms with van der Waals surface area (Å²) in [5, 5.41) is 6.80. The smallest absolute Gasteiger partial charge is 0.330 e. The van der Waals surface area contributed by atoms with Crippen LogP contribution in [-0.4, -0.2) is 41.7 Å². The summed E-state index contributed by atoms with van der Waals surface area (Å²) in [7, 11) is 0. The molecule has 5 nitrogen and oxygen atoms in total. The van der Waals surface area contributed by atoms with Gasteiger partial charge in [-0.05, 0) is 19.4 Å². The predicted molar refractivity (Wildman–Crippen MR) is 59.6 cm³/mol. The van der Waals surface area contributed by atoms with Crippen LogP contribution in [0.25, 0.3) is 0 Å². The number of ether oxygens (including phenoxy) is 1. The summed E-state index contributed by atoms with van der Waals surface area (Å²) in [5.41, 5.74) is 0. The number of nitrogens with zero attached hydrogens (tertiary/aromatic N) is 2. The predicted octanol–water partition coefficient (Wildman–Crippen LogP) is 1.78. The van der Waals surface area contributed by atoms with Crippen molar-refractivity contribution in [1.29, 1.82) is 0 Å². The van der Waals surface area contributed by atoms with Crippen LogP contribution in [0.1, 0.15) is 24.6 Å². The fraction of sp³-hybridized carbons (Fsp3) is 0.818. The van der Waals surface area contributed by atoms with Gasteiger partial charge in [0.1, 0.15) is 13.2 Å². The van der Waals surface area contributed by atoms with Gasteiger partial charge in [0.15, 0.2) is 5.82 Å². The van der Waals surface area contributed by atoms with E-state index in [2.05, 4.69) is 20.2 Å². The van der Waals surface area contributed by atoms with Crippen LogP contribution >= 0.6 is 0 Å². The first kappa shape index (κ1) is 15.2. The molecule has 1 aromatic rings. The zero-order valence-electron chi connectivity index (χ0n) is 10.6. The van der Waals surface area contributed by atoms with E-state index in [0.29, 0.717) is 12.3 Å². The molecule has 2 rings (SSSR count). The molecule has 1 aliphatic rings. The van der Waals surface area contributed by atoms with Gasteiger partial charge in [-0.3, -0.25) is 0 Å². The van der Waals surface area contributed by atoms with Gasteiger partial charge in [0.05, 0.1) is 0 Å². The topological polar surface area (TPSA) is 60.2 Å². The van der Waals surface area contributed by atoms with Crippen molar-refractivity contribution in [1.82, 2.24) is 15.5 Å². The average molecular weight is 297 g/mol. The Kier molecular flexibility index (Phi) is 4.92. The maximum Gasteiger partial charge on any atom is 0.330 e. The molecule has 1 aliphatic heterocycles. The van der Waals surface area contributed by atoms with Crippen LogP contribution in [-0.2, 0) is 17.8 Å². The van der Waals surface area contributed by atoms with Crippen LogP contribution in [0.15, 0.2) is 4.52 Å². The molecule has 0 radical (unpaired) electrons. The largest absolute Gasteiger partial charge is 0.367 e. The van der Waals surface area contributed by atoms with Crippen LogP contribution in [0.2, 0.25) is 0 Å². The minimum absolute atomic E-state index is 0.0723. The minimum Gasteiger partial charge on any atom is -0.367 e. The molecule has 1 aromatic heterocycles. The normalized spacial score (nSPS) is 19.9. The highest BCUT2D eigenvalue weighted by atomic mass is 19.3. The minimum atomic E-state index is -4.17. The molecule has 1 N–H and O–H groups in total. The zero-order valence-corrected chi connectivity index (χ0v) is 10.6. The van der Waals surface area contributed by atoms with Crippen LogP contribution in [0, 0.1) is 0 Å². The lowest BCUT2D eigenvalue weighted by Crippen LogP contribution is -2.32. The molecule has 1 saturated heterocycles. The van der Waals surface area contributed by atoms with E-state index in [1.165, 1.54) is 0 Å². The van der Waals surface area contributed by atoms with E-state index in [9.17, 15) is 17.6 Å². The Bertz CT molecular complexity index is 422. The van der Waals surface area contributed by atoms with Crippen molar-refractivity contribution < 1.29 is 26.8 Å². The van der Waals surface area contributed by atoms with Crippen LogP contribution in [0.5, 0.6) is 0 Å². The summed E-state index contributed by atoms with van der Waals surface area (Å²) in [6.07, 6.45) is -1.11. The third-order valence-corrected chi connectivity index (χ3v) is 2.94. The average Bonchev–Trinajstić information content (AvgIpc) is 3.01. The Balaban J connectivity index is 1.75. The Morgan fingerprint density at radius 1 is 1.45 bits per heavy atom. The molecule has 0 saturated carbocycles. The van der Waals surface area contributed by atoms with Crippen molar-refractivity contribution in [3.05, 3.63) is 11.7 Å². The molecule has 1 atom stereocenters. The number of nitrogens with one attached hydrogen (secondary N) is 1. The molecule has 9 heteroatoms. The number of alkyl halides is 4. The standard InChI is InChI=1S/C11H15F4N3O2/c12-10(13)11(14,15)6-19-5-8-17-9(20-18-8)4-7-2-1-3-16-7/h7,10,16H,1-6H2. The zero-order chi connectivity index (χ0) is 14.6. The first-order chi connectivity index (χ1) is 9.47. The monoisotopic (exact) mass is 297 g/mol. The summed E-state index contributed by atoms with van der Waals surface area (Å²) in [5.74, 6) is -3.72. The second kappa shape index (κ2) is 6.49. The van der Waals surface area contributed by atoms with Crippen molar-refractivity contribution in [2.45, 2.75) is 44.3 Å². The Labute approximate surface area is 112 Å². The van der Waals surface area contributed by atoms with Gasteiger partial charge in [0, 0.05) is 12.5 Å². The van der Waals surface area contributed by atoms with Crippen molar-refractivity contribution in [3.63, 3.8) is 0 Å². The van der Waals surface area contributed by atoms with Gasteiger partial charge in [0.2, 0.25) is 5.89 Å². The molecule has 114 valence electrons. The molecule has 0 amide bonds. The van der Waals surface area contributed by atoms with E-state index < -0.39 is 19.0 Å². The van der Waals surface area contributed by atoms with E-state index in [0.717, 1.165) is 19.4 Å². The second-order valence-electron chi connectivity index (χ2n) is 4.66. The molecule has 1 fully saturated rings. The van der Waals surface area contributed by atoms with E-state index in [-0.39, 0.29) is 18.5 Å². The van der Waals surface area contributed by atoms with Crippen molar-refractivity contribution in [2.24, 2.45) is 0 Å². The molecule has 0 spiro atoms. The van der Waals surface area contributed by atoms with E-state index in [4.69, 9.17) is 4.52 Å².